The topological polar surface area (TPSA) is 126 Å². The van der Waals surface area contributed by atoms with Crippen molar-refractivity contribution >= 4 is 43.3 Å². The van der Waals surface area contributed by atoms with Crippen LogP contribution in [0.2, 0.25) is 0 Å². The van der Waals surface area contributed by atoms with Gasteiger partial charge in [0.25, 0.3) is 0 Å². The molecule has 0 atom stereocenters. The lowest BCUT2D eigenvalue weighted by atomic mass is 9.98. The van der Waals surface area contributed by atoms with Gasteiger partial charge in [-0.2, -0.15) is 26.9 Å². The molecule has 1 aliphatic heterocycles. The Kier molecular flexibility index (Phi) is 7.02. The molecule has 6 rings (SSSR count). The third-order valence-electron chi connectivity index (χ3n) is 7.38. The van der Waals surface area contributed by atoms with Crippen molar-refractivity contribution < 1.29 is 34.4 Å². The SMILES string of the molecule is N#Cc1ccc2c(c1)[nH]c1c2c(=O)c2cc(OCC(F)(F)F)c(-c3cccc(OS(=O)(=O)F)c3)cc2n1C1CCNCC1. The van der Waals surface area contributed by atoms with Crippen molar-refractivity contribution in [2.45, 2.75) is 25.1 Å². The zero-order valence-corrected chi connectivity index (χ0v) is 23.0. The number of aromatic amines is 1. The van der Waals surface area contributed by atoms with Crippen LogP contribution in [0.25, 0.3) is 44.0 Å². The average Bonchev–Trinajstić information content (AvgIpc) is 3.34. The standard InChI is InChI=1S/C29H22F4N4O5S/c30-29(31,32)15-41-25-13-22-24(12-21(25)17-2-1-3-19(11-17)42-43(33,39)40)37(18-6-8-35-9-7-18)28-26(27(22)38)20-5-4-16(14-34)10-23(20)36-28/h1-5,10-13,18,35-36H,6-9,15H2. The number of nitriles is 1. The first-order valence-corrected chi connectivity index (χ1v) is 14.5. The van der Waals surface area contributed by atoms with E-state index in [2.05, 4.69) is 20.6 Å². The van der Waals surface area contributed by atoms with Crippen LogP contribution >= 0.6 is 0 Å². The van der Waals surface area contributed by atoms with Crippen molar-refractivity contribution in [2.24, 2.45) is 0 Å². The van der Waals surface area contributed by atoms with Gasteiger partial charge in [-0.25, -0.2) is 0 Å². The molecular weight excluding hydrogens is 592 g/mol. The lowest BCUT2D eigenvalue weighted by Gasteiger charge is -2.28. The van der Waals surface area contributed by atoms with Gasteiger partial charge >= 0.3 is 16.7 Å². The third kappa shape index (κ3) is 5.61. The molecule has 0 aliphatic carbocycles. The van der Waals surface area contributed by atoms with E-state index in [4.69, 9.17) is 4.74 Å². The number of alkyl halides is 3. The van der Waals surface area contributed by atoms with Crippen molar-refractivity contribution in [1.82, 2.24) is 14.9 Å². The van der Waals surface area contributed by atoms with Gasteiger partial charge in [-0.15, -0.1) is 0 Å². The fourth-order valence-corrected chi connectivity index (χ4v) is 5.98. The molecule has 222 valence electrons. The van der Waals surface area contributed by atoms with Gasteiger partial charge in [-0.1, -0.05) is 22.1 Å². The lowest BCUT2D eigenvalue weighted by Crippen LogP contribution is -2.30. The van der Waals surface area contributed by atoms with Crippen molar-refractivity contribution in [3.63, 3.8) is 0 Å². The Labute approximate surface area is 241 Å². The molecule has 2 aromatic heterocycles. The summed E-state index contributed by atoms with van der Waals surface area (Å²) in [6.45, 7) is -0.278. The first kappa shape index (κ1) is 28.5. The van der Waals surface area contributed by atoms with Crippen LogP contribution in [0.15, 0.2) is 59.4 Å². The number of nitrogens with one attached hydrogen (secondary N) is 2. The molecule has 0 unspecified atom stereocenters. The summed E-state index contributed by atoms with van der Waals surface area (Å²) >= 11 is 0. The number of aromatic nitrogens is 2. The number of piperidine rings is 1. The van der Waals surface area contributed by atoms with Crippen LogP contribution in [-0.2, 0) is 10.5 Å². The van der Waals surface area contributed by atoms with Gasteiger partial charge in [0.05, 0.1) is 27.9 Å². The van der Waals surface area contributed by atoms with Crippen LogP contribution in [0.5, 0.6) is 11.5 Å². The first-order valence-electron chi connectivity index (χ1n) is 13.1. The molecule has 14 heteroatoms. The van der Waals surface area contributed by atoms with Crippen LogP contribution < -0.4 is 19.7 Å². The van der Waals surface area contributed by atoms with Crippen molar-refractivity contribution in [3.05, 3.63) is 70.4 Å². The quantitative estimate of drug-likeness (QED) is 0.187. The number of hydrogen-bond donors (Lipinski definition) is 2. The van der Waals surface area contributed by atoms with E-state index in [1.807, 2.05) is 4.57 Å². The highest BCUT2D eigenvalue weighted by Gasteiger charge is 2.30. The van der Waals surface area contributed by atoms with Gasteiger partial charge in [-0.3, -0.25) is 4.79 Å². The van der Waals surface area contributed by atoms with Gasteiger partial charge in [0.1, 0.15) is 17.1 Å². The number of nitrogens with zero attached hydrogens (tertiary/aromatic N) is 2. The van der Waals surface area contributed by atoms with Crippen LogP contribution in [-0.4, -0.2) is 43.8 Å². The number of fused-ring (bicyclic) bond motifs is 4. The van der Waals surface area contributed by atoms with Crippen LogP contribution in [0.1, 0.15) is 24.4 Å². The molecule has 0 saturated carbocycles. The van der Waals surface area contributed by atoms with E-state index in [0.29, 0.717) is 58.9 Å². The summed E-state index contributed by atoms with van der Waals surface area (Å²) in [7, 11) is -5.38. The van der Waals surface area contributed by atoms with Crippen LogP contribution in [0.3, 0.4) is 0 Å². The largest absolute Gasteiger partial charge is 0.488 e. The van der Waals surface area contributed by atoms with Gasteiger partial charge in [0.15, 0.2) is 12.0 Å². The predicted molar refractivity (Wildman–Crippen MR) is 151 cm³/mol. The maximum atomic E-state index is 14.0. The Morgan fingerprint density at radius 3 is 2.51 bits per heavy atom. The normalized spacial score (nSPS) is 14.8. The molecule has 2 N–H and O–H groups in total. The summed E-state index contributed by atoms with van der Waals surface area (Å²) in [6, 6.07) is 14.7. The number of halogens is 4. The highest BCUT2D eigenvalue weighted by molar-refractivity contribution is 7.81. The fraction of sp³-hybridized carbons (Fsp3) is 0.241. The summed E-state index contributed by atoms with van der Waals surface area (Å²) in [5.74, 6) is -0.693. The first-order chi connectivity index (χ1) is 20.4. The van der Waals surface area contributed by atoms with Gasteiger partial charge in [-0.05, 0) is 67.9 Å². The second-order valence-corrected chi connectivity index (χ2v) is 11.1. The zero-order chi connectivity index (χ0) is 30.5. The zero-order valence-electron chi connectivity index (χ0n) is 22.2. The van der Waals surface area contributed by atoms with E-state index in [1.165, 1.54) is 30.3 Å². The van der Waals surface area contributed by atoms with Crippen molar-refractivity contribution in [3.8, 4) is 28.7 Å². The van der Waals surface area contributed by atoms with Gasteiger partial charge in [0, 0.05) is 22.5 Å². The Bertz CT molecular complexity index is 2110. The number of ether oxygens (including phenoxy) is 1. The van der Waals surface area contributed by atoms with Gasteiger partial charge < -0.3 is 23.8 Å². The summed E-state index contributed by atoms with van der Waals surface area (Å²) in [5.41, 5.74) is 1.64. The summed E-state index contributed by atoms with van der Waals surface area (Å²) < 4.78 is 86.8. The number of H-pyrrole nitrogens is 1. The second-order valence-electron chi connectivity index (χ2n) is 10.2. The monoisotopic (exact) mass is 614 g/mol. The average molecular weight is 615 g/mol. The summed E-state index contributed by atoms with van der Waals surface area (Å²) in [5, 5.41) is 13.7. The Balaban J connectivity index is 1.69. The lowest BCUT2D eigenvalue weighted by molar-refractivity contribution is -0.153. The highest BCUT2D eigenvalue weighted by atomic mass is 32.3. The fourth-order valence-electron chi connectivity index (χ4n) is 5.65. The smallest absolute Gasteiger partial charge is 0.483 e. The number of rotatable bonds is 6. The minimum absolute atomic E-state index is 0.0998. The molecular formula is C29H22F4N4O5S. The summed E-state index contributed by atoms with van der Waals surface area (Å²) in [6.07, 6.45) is -3.33. The maximum absolute atomic E-state index is 14.0. The Morgan fingerprint density at radius 2 is 1.81 bits per heavy atom. The predicted octanol–water partition coefficient (Wildman–Crippen LogP) is 5.63. The number of hydrogen-bond acceptors (Lipinski definition) is 7. The summed E-state index contributed by atoms with van der Waals surface area (Å²) in [4.78, 5) is 17.3. The number of pyridine rings is 1. The minimum Gasteiger partial charge on any atom is -0.483 e. The highest BCUT2D eigenvalue weighted by Crippen LogP contribution is 2.39. The third-order valence-corrected chi connectivity index (χ3v) is 7.78. The van der Waals surface area contributed by atoms with E-state index < -0.39 is 34.5 Å². The molecule has 0 radical (unpaired) electrons. The molecule has 1 fully saturated rings. The molecule has 3 heterocycles. The second kappa shape index (κ2) is 10.6. The number of benzene rings is 3. The van der Waals surface area contributed by atoms with Gasteiger partial charge in [0.2, 0.25) is 0 Å². The van der Waals surface area contributed by atoms with E-state index in [-0.39, 0.29) is 28.3 Å². The molecule has 3 aromatic carbocycles. The molecule has 9 nitrogen and oxygen atoms in total. The maximum Gasteiger partial charge on any atom is 0.488 e. The van der Waals surface area contributed by atoms with E-state index in [0.717, 1.165) is 6.07 Å². The van der Waals surface area contributed by atoms with Crippen molar-refractivity contribution in [2.75, 3.05) is 19.7 Å². The van der Waals surface area contributed by atoms with E-state index in [1.54, 1.807) is 18.2 Å². The molecule has 0 spiro atoms. The Hall–Kier alpha value is -4.61. The van der Waals surface area contributed by atoms with E-state index >= 15 is 0 Å². The molecule has 1 aliphatic rings. The van der Waals surface area contributed by atoms with Crippen LogP contribution in [0.4, 0.5) is 17.1 Å². The minimum atomic E-state index is -5.38. The molecule has 0 amide bonds. The molecule has 5 aromatic rings. The van der Waals surface area contributed by atoms with E-state index in [9.17, 15) is 35.5 Å². The molecule has 0 bridgehead atoms. The Morgan fingerprint density at radius 1 is 1.05 bits per heavy atom. The van der Waals surface area contributed by atoms with Crippen molar-refractivity contribution in [1.29, 1.82) is 5.26 Å². The molecule has 43 heavy (non-hydrogen) atoms. The van der Waals surface area contributed by atoms with Crippen LogP contribution in [0, 0.1) is 11.3 Å². The molecule has 1 saturated heterocycles.